The maximum atomic E-state index is 5.99. The number of hydrogen-bond donors (Lipinski definition) is 2. The van der Waals surface area contributed by atoms with Gasteiger partial charge in [-0.2, -0.15) is 0 Å². The van der Waals surface area contributed by atoms with Crippen molar-refractivity contribution in [1.29, 1.82) is 0 Å². The minimum Gasteiger partial charge on any atom is -0.327 e. The number of nitrogens with zero attached hydrogens (tertiary/aromatic N) is 1. The smallest absolute Gasteiger partial charge is 0.0168 e. The number of hydrogen-bond acceptors (Lipinski definition) is 3. The number of likely N-dealkylation sites (tertiary alicyclic amines) is 1. The van der Waals surface area contributed by atoms with E-state index < -0.39 is 0 Å². The number of rotatable bonds is 0. The molecule has 0 aromatic heterocycles. The van der Waals surface area contributed by atoms with Crippen LogP contribution in [0.15, 0.2) is 0 Å². The van der Waals surface area contributed by atoms with Gasteiger partial charge in [0.15, 0.2) is 0 Å². The predicted octanol–water partition coefficient (Wildman–Crippen LogP) is 0.535. The van der Waals surface area contributed by atoms with Crippen molar-refractivity contribution in [3.8, 4) is 0 Å². The predicted molar refractivity (Wildman–Crippen MR) is 56.5 cm³/mol. The zero-order chi connectivity index (χ0) is 10.1. The molecule has 3 nitrogen and oxygen atoms in total. The van der Waals surface area contributed by atoms with Gasteiger partial charge in [-0.15, -0.1) is 0 Å². The Morgan fingerprint density at radius 3 is 1.69 bits per heavy atom. The van der Waals surface area contributed by atoms with Gasteiger partial charge >= 0.3 is 0 Å². The highest BCUT2D eigenvalue weighted by molar-refractivity contribution is 4.86. The Labute approximate surface area is 81.5 Å². The van der Waals surface area contributed by atoms with Crippen LogP contribution < -0.4 is 11.5 Å². The molecule has 0 aromatic carbocycles. The Hall–Kier alpha value is -0.120. The lowest BCUT2D eigenvalue weighted by molar-refractivity contribution is 0.131. The Balaban J connectivity index is 2.62. The van der Waals surface area contributed by atoms with Gasteiger partial charge in [-0.25, -0.2) is 0 Å². The molecule has 1 aliphatic heterocycles. The molecule has 0 saturated carbocycles. The fourth-order valence-corrected chi connectivity index (χ4v) is 1.80. The molecule has 3 heteroatoms. The second kappa shape index (κ2) is 3.95. The zero-order valence-electron chi connectivity index (χ0n) is 9.09. The van der Waals surface area contributed by atoms with Crippen LogP contribution in [0.2, 0.25) is 0 Å². The van der Waals surface area contributed by atoms with Crippen LogP contribution in [0.1, 0.15) is 33.6 Å². The summed E-state index contributed by atoms with van der Waals surface area (Å²) in [5, 5.41) is 0. The molecule has 1 rings (SSSR count). The van der Waals surface area contributed by atoms with Crippen LogP contribution in [-0.4, -0.2) is 35.6 Å². The quantitative estimate of drug-likeness (QED) is 0.579. The minimum absolute atomic E-state index is 0.194. The lowest BCUT2D eigenvalue weighted by Gasteiger charge is -2.36. The third-order valence-corrected chi connectivity index (χ3v) is 2.77. The van der Waals surface area contributed by atoms with Crippen molar-refractivity contribution in [2.45, 2.75) is 51.2 Å². The van der Waals surface area contributed by atoms with E-state index in [-0.39, 0.29) is 5.54 Å². The lowest BCUT2D eigenvalue weighted by atomic mass is 10.1. The van der Waals surface area contributed by atoms with Crippen LogP contribution in [0.25, 0.3) is 0 Å². The van der Waals surface area contributed by atoms with Crippen molar-refractivity contribution < 1.29 is 0 Å². The van der Waals surface area contributed by atoms with Gasteiger partial charge in [0.1, 0.15) is 0 Å². The molecule has 1 aliphatic rings. The molecule has 0 aromatic rings. The van der Waals surface area contributed by atoms with Gasteiger partial charge in [-0.3, -0.25) is 4.90 Å². The molecule has 78 valence electrons. The standard InChI is InChI=1S/C10H23N3/c1-10(2,3)13-6-8(11)4-5-9(12)7-13/h8-9H,4-7,11-12H2,1-3H3. The highest BCUT2D eigenvalue weighted by Crippen LogP contribution is 2.18. The van der Waals surface area contributed by atoms with Gasteiger partial charge in [0.2, 0.25) is 0 Å². The van der Waals surface area contributed by atoms with E-state index in [1.54, 1.807) is 0 Å². The van der Waals surface area contributed by atoms with Crippen LogP contribution in [0.3, 0.4) is 0 Å². The maximum absolute atomic E-state index is 5.99. The van der Waals surface area contributed by atoms with Crippen LogP contribution in [0.5, 0.6) is 0 Å². The van der Waals surface area contributed by atoms with Crippen LogP contribution in [0.4, 0.5) is 0 Å². The molecule has 1 fully saturated rings. The van der Waals surface area contributed by atoms with Crippen molar-refractivity contribution in [2.75, 3.05) is 13.1 Å². The fourth-order valence-electron chi connectivity index (χ4n) is 1.80. The summed E-state index contributed by atoms with van der Waals surface area (Å²) in [4.78, 5) is 2.40. The van der Waals surface area contributed by atoms with E-state index in [1.165, 1.54) is 0 Å². The molecular formula is C10H23N3. The normalized spacial score (nSPS) is 33.0. The molecule has 1 saturated heterocycles. The topological polar surface area (TPSA) is 55.3 Å². The first-order valence-corrected chi connectivity index (χ1v) is 5.16. The first kappa shape index (κ1) is 11.0. The third-order valence-electron chi connectivity index (χ3n) is 2.77. The summed E-state index contributed by atoms with van der Waals surface area (Å²) in [5.41, 5.74) is 12.2. The molecule has 0 aliphatic carbocycles. The molecular weight excluding hydrogens is 162 g/mol. The minimum atomic E-state index is 0.194. The van der Waals surface area contributed by atoms with Crippen LogP contribution in [-0.2, 0) is 0 Å². The molecule has 2 unspecified atom stereocenters. The van der Waals surface area contributed by atoms with E-state index >= 15 is 0 Å². The summed E-state index contributed by atoms with van der Waals surface area (Å²) in [6, 6.07) is 0.598. The van der Waals surface area contributed by atoms with E-state index in [1.807, 2.05) is 0 Å². The second-order valence-corrected chi connectivity index (χ2v) is 5.17. The van der Waals surface area contributed by atoms with Crippen molar-refractivity contribution in [3.05, 3.63) is 0 Å². The highest BCUT2D eigenvalue weighted by Gasteiger charge is 2.27. The van der Waals surface area contributed by atoms with E-state index in [0.717, 1.165) is 25.9 Å². The van der Waals surface area contributed by atoms with Gasteiger partial charge < -0.3 is 11.5 Å². The Morgan fingerprint density at radius 1 is 1.00 bits per heavy atom. The van der Waals surface area contributed by atoms with E-state index in [4.69, 9.17) is 11.5 Å². The second-order valence-electron chi connectivity index (χ2n) is 5.17. The summed E-state index contributed by atoms with van der Waals surface area (Å²) in [5.74, 6) is 0. The van der Waals surface area contributed by atoms with Gasteiger partial charge in [0.25, 0.3) is 0 Å². The molecule has 4 N–H and O–H groups in total. The monoisotopic (exact) mass is 185 g/mol. The van der Waals surface area contributed by atoms with Crippen molar-refractivity contribution in [1.82, 2.24) is 4.90 Å². The van der Waals surface area contributed by atoms with Gasteiger partial charge in [0, 0.05) is 30.7 Å². The SMILES string of the molecule is CC(C)(C)N1CC(N)CCC(N)C1. The van der Waals surface area contributed by atoms with Crippen LogP contribution in [0, 0.1) is 0 Å². The summed E-state index contributed by atoms with van der Waals surface area (Å²) in [7, 11) is 0. The summed E-state index contributed by atoms with van der Waals surface area (Å²) < 4.78 is 0. The largest absolute Gasteiger partial charge is 0.327 e. The zero-order valence-corrected chi connectivity index (χ0v) is 9.09. The fraction of sp³-hybridized carbons (Fsp3) is 1.00. The van der Waals surface area contributed by atoms with Gasteiger partial charge in [-0.1, -0.05) is 0 Å². The Kier molecular flexibility index (Phi) is 3.33. The van der Waals surface area contributed by atoms with Crippen molar-refractivity contribution in [3.63, 3.8) is 0 Å². The molecule has 1 heterocycles. The average Bonchev–Trinajstić information content (AvgIpc) is 2.12. The molecule has 2 atom stereocenters. The molecule has 0 amide bonds. The lowest BCUT2D eigenvalue weighted by Crippen LogP contribution is -2.49. The summed E-state index contributed by atoms with van der Waals surface area (Å²) >= 11 is 0. The van der Waals surface area contributed by atoms with Crippen LogP contribution >= 0.6 is 0 Å². The van der Waals surface area contributed by atoms with Gasteiger partial charge in [-0.05, 0) is 33.6 Å². The first-order chi connectivity index (χ1) is 5.89. The Bertz CT molecular complexity index is 150. The van der Waals surface area contributed by atoms with E-state index in [2.05, 4.69) is 25.7 Å². The third kappa shape index (κ3) is 3.25. The van der Waals surface area contributed by atoms with E-state index in [9.17, 15) is 0 Å². The number of nitrogens with two attached hydrogens (primary N) is 2. The molecule has 0 bridgehead atoms. The first-order valence-electron chi connectivity index (χ1n) is 5.16. The molecule has 13 heavy (non-hydrogen) atoms. The molecule has 0 radical (unpaired) electrons. The van der Waals surface area contributed by atoms with Gasteiger partial charge in [0.05, 0.1) is 0 Å². The highest BCUT2D eigenvalue weighted by atomic mass is 15.2. The summed E-state index contributed by atoms with van der Waals surface area (Å²) in [6.07, 6.45) is 2.13. The average molecular weight is 185 g/mol. The van der Waals surface area contributed by atoms with Crippen molar-refractivity contribution >= 4 is 0 Å². The van der Waals surface area contributed by atoms with Crippen molar-refractivity contribution in [2.24, 2.45) is 11.5 Å². The van der Waals surface area contributed by atoms with E-state index in [0.29, 0.717) is 12.1 Å². The summed E-state index contributed by atoms with van der Waals surface area (Å²) in [6.45, 7) is 8.63. The maximum Gasteiger partial charge on any atom is 0.0168 e. The Morgan fingerprint density at radius 2 is 1.38 bits per heavy atom. The molecule has 0 spiro atoms.